The average molecular weight is 508 g/mol. The van der Waals surface area contributed by atoms with E-state index >= 15 is 0 Å². The maximum absolute atomic E-state index is 10.8. The van der Waals surface area contributed by atoms with E-state index in [-0.39, 0.29) is 6.61 Å². The van der Waals surface area contributed by atoms with E-state index in [1.54, 1.807) is 0 Å². The Morgan fingerprint density at radius 1 is 0.842 bits per heavy atom. The number of hydrogen-bond donors (Lipinski definition) is 1. The van der Waals surface area contributed by atoms with E-state index in [0.29, 0.717) is 12.6 Å². The lowest BCUT2D eigenvalue weighted by Crippen LogP contribution is -2.50. The monoisotopic (exact) mass is 507 g/mol. The molecule has 6 rings (SSSR count). The zero-order valence-electron chi connectivity index (χ0n) is 22.2. The summed E-state index contributed by atoms with van der Waals surface area (Å²) in [6.45, 7) is 6.85. The molecule has 0 amide bonds. The third-order valence-corrected chi connectivity index (χ3v) is 8.15. The normalized spacial score (nSPS) is 17.5. The number of pyridine rings is 1. The molecule has 1 unspecified atom stereocenters. The zero-order chi connectivity index (χ0) is 25.9. The number of rotatable bonds is 7. The summed E-state index contributed by atoms with van der Waals surface area (Å²) >= 11 is 0. The van der Waals surface area contributed by atoms with Gasteiger partial charge in [0, 0.05) is 43.8 Å². The maximum atomic E-state index is 10.8. The molecule has 5 heteroatoms. The van der Waals surface area contributed by atoms with Crippen molar-refractivity contribution in [2.45, 2.75) is 38.3 Å². The Bertz CT molecular complexity index is 1350. The Morgan fingerprint density at radius 2 is 1.53 bits per heavy atom. The minimum Gasteiger partial charge on any atom is -0.490 e. The fourth-order valence-corrected chi connectivity index (χ4v) is 6.12. The highest BCUT2D eigenvalue weighted by Gasteiger charge is 2.31. The van der Waals surface area contributed by atoms with Gasteiger partial charge in [0.05, 0.1) is 11.6 Å². The third-order valence-electron chi connectivity index (χ3n) is 8.15. The highest BCUT2D eigenvalue weighted by molar-refractivity contribution is 5.85. The molecule has 0 spiro atoms. The minimum atomic E-state index is -0.543. The van der Waals surface area contributed by atoms with E-state index in [9.17, 15) is 5.11 Å². The minimum absolute atomic E-state index is 0.276. The number of ether oxygens (including phenoxy) is 1. The van der Waals surface area contributed by atoms with E-state index in [1.807, 2.05) is 18.2 Å². The van der Waals surface area contributed by atoms with Crippen LogP contribution < -0.4 is 4.74 Å². The summed E-state index contributed by atoms with van der Waals surface area (Å²) in [5.74, 6) is 0.784. The average Bonchev–Trinajstić information content (AvgIpc) is 3.13. The second-order valence-electron chi connectivity index (χ2n) is 10.6. The second kappa shape index (κ2) is 11.2. The van der Waals surface area contributed by atoms with Crippen LogP contribution in [0.25, 0.3) is 10.9 Å². The molecule has 0 bridgehead atoms. The molecule has 1 N–H and O–H groups in total. The van der Waals surface area contributed by atoms with E-state index in [2.05, 4.69) is 77.4 Å². The highest BCUT2D eigenvalue weighted by Crippen LogP contribution is 2.37. The summed E-state index contributed by atoms with van der Waals surface area (Å²) < 4.78 is 6.08. The van der Waals surface area contributed by atoms with Gasteiger partial charge in [-0.2, -0.15) is 0 Å². The number of aliphatic hydroxyl groups is 1. The Kier molecular flexibility index (Phi) is 7.41. The van der Waals surface area contributed by atoms with Crippen molar-refractivity contribution in [3.63, 3.8) is 0 Å². The van der Waals surface area contributed by atoms with Gasteiger partial charge in [-0.3, -0.25) is 14.8 Å². The van der Waals surface area contributed by atoms with E-state index in [1.165, 1.54) is 22.3 Å². The summed E-state index contributed by atoms with van der Waals surface area (Å²) in [5, 5.41) is 11.8. The van der Waals surface area contributed by atoms with Crippen LogP contribution in [0.2, 0.25) is 0 Å². The van der Waals surface area contributed by atoms with Gasteiger partial charge in [-0.05, 0) is 65.8 Å². The molecule has 38 heavy (non-hydrogen) atoms. The first kappa shape index (κ1) is 25.1. The number of β-amino-alcohol motifs (C(OH)–C–C–N with tert-alkyl or cyclic N) is 1. The largest absolute Gasteiger partial charge is 0.490 e. The van der Waals surface area contributed by atoms with Gasteiger partial charge < -0.3 is 9.84 Å². The van der Waals surface area contributed by atoms with Crippen LogP contribution >= 0.6 is 0 Å². The van der Waals surface area contributed by atoms with Crippen molar-refractivity contribution in [3.8, 4) is 5.75 Å². The van der Waals surface area contributed by atoms with Crippen molar-refractivity contribution in [1.29, 1.82) is 0 Å². The number of aromatic nitrogens is 1. The Labute approximate surface area is 225 Å². The lowest BCUT2D eigenvalue weighted by atomic mass is 9.92. The number of fused-ring (bicyclic) bond motifs is 3. The molecule has 4 aromatic rings. The van der Waals surface area contributed by atoms with Crippen LogP contribution in [0.4, 0.5) is 0 Å². The number of piperazine rings is 1. The predicted octanol–water partition coefficient (Wildman–Crippen LogP) is 5.04. The summed E-state index contributed by atoms with van der Waals surface area (Å²) in [5.41, 5.74) is 7.86. The fourth-order valence-electron chi connectivity index (χ4n) is 6.12. The van der Waals surface area contributed by atoms with Crippen LogP contribution in [0.3, 0.4) is 0 Å². The van der Waals surface area contributed by atoms with Gasteiger partial charge in [0.25, 0.3) is 0 Å². The SMILES string of the molecule is CCc1ccc2c(OCC(O)CN3CCN(C4c5ccccc5CCc5ccccc54)CC3)cccc2n1. The Morgan fingerprint density at radius 3 is 2.21 bits per heavy atom. The van der Waals surface area contributed by atoms with Crippen LogP contribution in [-0.4, -0.2) is 65.3 Å². The predicted molar refractivity (Wildman–Crippen MR) is 153 cm³/mol. The molecular formula is C33H37N3O2. The maximum Gasteiger partial charge on any atom is 0.128 e. The number of benzene rings is 3. The molecule has 1 aliphatic carbocycles. The Hall–Kier alpha value is -3.25. The summed E-state index contributed by atoms with van der Waals surface area (Å²) in [6, 6.07) is 28.3. The van der Waals surface area contributed by atoms with E-state index < -0.39 is 6.10 Å². The lowest BCUT2D eigenvalue weighted by molar-refractivity contribution is 0.0403. The number of aliphatic hydroxyl groups excluding tert-OH is 1. The van der Waals surface area contributed by atoms with Gasteiger partial charge in [0.2, 0.25) is 0 Å². The van der Waals surface area contributed by atoms with Crippen molar-refractivity contribution in [2.24, 2.45) is 0 Å². The molecule has 1 fully saturated rings. The molecule has 1 aromatic heterocycles. The van der Waals surface area contributed by atoms with Gasteiger partial charge in [-0.15, -0.1) is 0 Å². The Balaban J connectivity index is 1.09. The number of aryl methyl sites for hydroxylation is 3. The molecule has 1 aliphatic heterocycles. The van der Waals surface area contributed by atoms with Gasteiger partial charge >= 0.3 is 0 Å². The topological polar surface area (TPSA) is 48.8 Å². The van der Waals surface area contributed by atoms with Crippen LogP contribution in [0, 0.1) is 0 Å². The summed E-state index contributed by atoms with van der Waals surface area (Å²) in [4.78, 5) is 9.71. The van der Waals surface area contributed by atoms with Gasteiger partial charge in [-0.25, -0.2) is 0 Å². The van der Waals surface area contributed by atoms with Gasteiger partial charge in [0.1, 0.15) is 18.5 Å². The summed E-state index contributed by atoms with van der Waals surface area (Å²) in [6.07, 6.45) is 2.57. The fraction of sp³-hybridized carbons (Fsp3) is 0.364. The molecule has 3 aromatic carbocycles. The van der Waals surface area contributed by atoms with Crippen molar-refractivity contribution in [2.75, 3.05) is 39.3 Å². The molecule has 1 atom stereocenters. The van der Waals surface area contributed by atoms with Crippen molar-refractivity contribution in [3.05, 3.63) is 107 Å². The first-order valence-electron chi connectivity index (χ1n) is 14.0. The first-order chi connectivity index (χ1) is 18.7. The van der Waals surface area contributed by atoms with Crippen LogP contribution in [0.5, 0.6) is 5.75 Å². The molecule has 196 valence electrons. The number of hydrogen-bond acceptors (Lipinski definition) is 5. The smallest absolute Gasteiger partial charge is 0.128 e. The summed E-state index contributed by atoms with van der Waals surface area (Å²) in [7, 11) is 0. The number of nitrogens with zero attached hydrogens (tertiary/aromatic N) is 3. The van der Waals surface area contributed by atoms with Crippen LogP contribution in [-0.2, 0) is 19.3 Å². The molecule has 2 aliphatic rings. The van der Waals surface area contributed by atoms with Crippen molar-refractivity contribution < 1.29 is 9.84 Å². The molecule has 5 nitrogen and oxygen atoms in total. The van der Waals surface area contributed by atoms with Crippen LogP contribution in [0.15, 0.2) is 78.9 Å². The second-order valence-corrected chi connectivity index (χ2v) is 10.6. The van der Waals surface area contributed by atoms with Gasteiger partial charge in [-0.1, -0.05) is 61.5 Å². The highest BCUT2D eigenvalue weighted by atomic mass is 16.5. The first-order valence-corrected chi connectivity index (χ1v) is 14.0. The zero-order valence-corrected chi connectivity index (χ0v) is 22.2. The van der Waals surface area contributed by atoms with Gasteiger partial charge in [0.15, 0.2) is 0 Å². The molecule has 0 saturated carbocycles. The van der Waals surface area contributed by atoms with E-state index in [0.717, 1.165) is 67.8 Å². The van der Waals surface area contributed by atoms with Crippen molar-refractivity contribution >= 4 is 10.9 Å². The van der Waals surface area contributed by atoms with E-state index in [4.69, 9.17) is 9.72 Å². The molecule has 0 radical (unpaired) electrons. The van der Waals surface area contributed by atoms with Crippen LogP contribution in [0.1, 0.15) is 40.9 Å². The molecular weight excluding hydrogens is 470 g/mol. The standard InChI is InChI=1S/C33H37N3O2/c1-2-26-16-17-30-31(34-26)12-7-13-32(30)38-23-27(37)22-35-18-20-36(21-19-35)33-28-10-5-3-8-24(28)14-15-25-9-4-6-11-29(25)33/h3-13,16-17,27,33,37H,2,14-15,18-23H2,1H3. The molecule has 1 saturated heterocycles. The molecule has 2 heterocycles. The lowest BCUT2D eigenvalue weighted by Gasteiger charge is -2.40. The quantitative estimate of drug-likeness (QED) is 0.380. The van der Waals surface area contributed by atoms with Crippen molar-refractivity contribution in [1.82, 2.24) is 14.8 Å². The third kappa shape index (κ3) is 5.19.